The second-order valence-electron chi connectivity index (χ2n) is 3.65. The Bertz CT molecular complexity index is 483. The number of halogens is 3. The Balaban J connectivity index is 2.66. The second kappa shape index (κ2) is 4.86. The molecule has 2 nitrogen and oxygen atoms in total. The third-order valence-electron chi connectivity index (χ3n) is 2.44. The number of allylic oxidation sites excluding steroid dienone is 3. The molecule has 2 rings (SSSR count). The van der Waals surface area contributed by atoms with Crippen LogP contribution in [0.2, 0.25) is 10.4 Å². The molecule has 1 aliphatic carbocycles. The van der Waals surface area contributed by atoms with Gasteiger partial charge in [-0.1, -0.05) is 46.6 Å². The summed E-state index contributed by atoms with van der Waals surface area (Å²) in [5.74, 6) is 0.285. The van der Waals surface area contributed by atoms with Crippen molar-refractivity contribution in [3.63, 3.8) is 0 Å². The van der Waals surface area contributed by atoms with Gasteiger partial charge in [0.05, 0.1) is 5.69 Å². The van der Waals surface area contributed by atoms with E-state index >= 15 is 0 Å². The molecule has 0 saturated carbocycles. The molecule has 1 aromatic rings. The Morgan fingerprint density at radius 3 is 2.88 bits per heavy atom. The molecule has 0 aromatic carbocycles. The first kappa shape index (κ1) is 12.1. The van der Waals surface area contributed by atoms with Crippen molar-refractivity contribution in [3.05, 3.63) is 38.3 Å². The molecule has 0 bridgehead atoms. The third-order valence-corrected chi connectivity index (χ3v) is 3.39. The van der Waals surface area contributed by atoms with E-state index in [2.05, 4.69) is 38.9 Å². The molecule has 16 heavy (non-hydrogen) atoms. The third kappa shape index (κ3) is 2.47. The van der Waals surface area contributed by atoms with Gasteiger partial charge in [-0.05, 0) is 30.0 Å². The fourth-order valence-corrected chi connectivity index (χ4v) is 2.66. The zero-order chi connectivity index (χ0) is 11.7. The van der Waals surface area contributed by atoms with Gasteiger partial charge >= 0.3 is 0 Å². The van der Waals surface area contributed by atoms with Crippen LogP contribution in [0.5, 0.6) is 0 Å². The molecule has 1 atom stereocenters. The summed E-state index contributed by atoms with van der Waals surface area (Å²) in [5, 5.41) is 0.617. The number of hydrogen-bond acceptors (Lipinski definition) is 2. The van der Waals surface area contributed by atoms with Crippen molar-refractivity contribution in [2.24, 2.45) is 0 Å². The van der Waals surface area contributed by atoms with Gasteiger partial charge < -0.3 is 0 Å². The maximum absolute atomic E-state index is 6.11. The Kier molecular flexibility index (Phi) is 3.67. The SMILES string of the molecule is CC1C/C=C/C(Br)=C\c2nc(Cl)nc(Cl)c21. The first-order chi connectivity index (χ1) is 7.58. The van der Waals surface area contributed by atoms with Gasteiger partial charge in [0.2, 0.25) is 5.28 Å². The summed E-state index contributed by atoms with van der Waals surface area (Å²) in [6.45, 7) is 2.10. The molecule has 1 aliphatic rings. The highest BCUT2D eigenvalue weighted by Crippen LogP contribution is 2.33. The smallest absolute Gasteiger partial charge is 0.218 e. The molecular formula is C11H9BrCl2N2. The lowest BCUT2D eigenvalue weighted by Gasteiger charge is -2.15. The summed E-state index contributed by atoms with van der Waals surface area (Å²) in [6.07, 6.45) is 6.91. The van der Waals surface area contributed by atoms with Gasteiger partial charge in [0, 0.05) is 10.0 Å². The molecule has 0 saturated heterocycles. The summed E-state index contributed by atoms with van der Waals surface area (Å²) in [4.78, 5) is 8.19. The van der Waals surface area contributed by atoms with Crippen LogP contribution in [0.4, 0.5) is 0 Å². The lowest BCUT2D eigenvalue weighted by atomic mass is 9.95. The summed E-state index contributed by atoms with van der Waals surface area (Å²) < 4.78 is 0.950. The lowest BCUT2D eigenvalue weighted by molar-refractivity contribution is 0.764. The van der Waals surface area contributed by atoms with Gasteiger partial charge in [0.15, 0.2) is 0 Å². The first-order valence-corrected chi connectivity index (χ1v) is 6.39. The molecular weight excluding hydrogens is 311 g/mol. The number of hydrogen-bond donors (Lipinski definition) is 0. The van der Waals surface area contributed by atoms with Crippen LogP contribution in [-0.4, -0.2) is 9.97 Å². The predicted molar refractivity (Wildman–Crippen MR) is 71.1 cm³/mol. The van der Waals surface area contributed by atoms with Crippen molar-refractivity contribution in [2.45, 2.75) is 19.3 Å². The maximum Gasteiger partial charge on any atom is 0.224 e. The van der Waals surface area contributed by atoms with E-state index in [9.17, 15) is 0 Å². The van der Waals surface area contributed by atoms with Crippen LogP contribution in [0.25, 0.3) is 6.08 Å². The zero-order valence-electron chi connectivity index (χ0n) is 8.54. The van der Waals surface area contributed by atoms with Crippen molar-refractivity contribution >= 4 is 45.2 Å². The number of aromatic nitrogens is 2. The van der Waals surface area contributed by atoms with Gasteiger partial charge in [-0.3, -0.25) is 0 Å². The standard InChI is InChI=1S/C11H9BrCl2N2/c1-6-3-2-4-7(12)5-8-9(6)10(13)16-11(14)15-8/h2,4-6H,3H2,1H3/b4-2+,7-5+. The number of fused-ring (bicyclic) bond motifs is 1. The monoisotopic (exact) mass is 318 g/mol. The summed E-state index contributed by atoms with van der Waals surface area (Å²) >= 11 is 15.4. The largest absolute Gasteiger partial charge is 0.224 e. The second-order valence-corrected chi connectivity index (χ2v) is 5.26. The fraction of sp³-hybridized carbons (Fsp3) is 0.273. The van der Waals surface area contributed by atoms with E-state index in [0.717, 1.165) is 22.2 Å². The van der Waals surface area contributed by atoms with Crippen LogP contribution >= 0.6 is 39.1 Å². The minimum absolute atomic E-state index is 0.178. The Labute approximate surface area is 113 Å². The van der Waals surface area contributed by atoms with E-state index in [-0.39, 0.29) is 11.2 Å². The average Bonchev–Trinajstić information content (AvgIpc) is 2.13. The zero-order valence-corrected chi connectivity index (χ0v) is 11.6. The quantitative estimate of drug-likeness (QED) is 0.516. The highest BCUT2D eigenvalue weighted by molar-refractivity contribution is 9.12. The highest BCUT2D eigenvalue weighted by atomic mass is 79.9. The van der Waals surface area contributed by atoms with E-state index in [1.54, 1.807) is 0 Å². The molecule has 0 amide bonds. The molecule has 1 aromatic heterocycles. The number of nitrogens with zero attached hydrogens (tertiary/aromatic N) is 2. The molecule has 0 spiro atoms. The first-order valence-electron chi connectivity index (χ1n) is 4.84. The summed E-state index contributed by atoms with van der Waals surface area (Å²) in [6, 6.07) is 0. The molecule has 5 heteroatoms. The lowest BCUT2D eigenvalue weighted by Crippen LogP contribution is -2.03. The van der Waals surface area contributed by atoms with Crippen LogP contribution in [0.15, 0.2) is 16.6 Å². The molecule has 84 valence electrons. The molecule has 0 aliphatic heterocycles. The van der Waals surface area contributed by atoms with Crippen LogP contribution in [0.3, 0.4) is 0 Å². The maximum atomic E-state index is 6.11. The molecule has 0 fully saturated rings. The Morgan fingerprint density at radius 2 is 2.12 bits per heavy atom. The Morgan fingerprint density at radius 1 is 1.38 bits per heavy atom. The van der Waals surface area contributed by atoms with Crippen LogP contribution < -0.4 is 0 Å². The van der Waals surface area contributed by atoms with E-state index in [1.807, 2.05) is 12.2 Å². The van der Waals surface area contributed by atoms with Crippen molar-refractivity contribution in [1.82, 2.24) is 9.97 Å². The van der Waals surface area contributed by atoms with Crippen LogP contribution in [0, 0.1) is 0 Å². The van der Waals surface area contributed by atoms with Gasteiger partial charge in [0.25, 0.3) is 0 Å². The molecule has 0 radical (unpaired) electrons. The summed E-state index contributed by atoms with van der Waals surface area (Å²) in [7, 11) is 0. The fourth-order valence-electron chi connectivity index (χ4n) is 1.68. The number of rotatable bonds is 0. The highest BCUT2D eigenvalue weighted by Gasteiger charge is 2.17. The van der Waals surface area contributed by atoms with Gasteiger partial charge in [0.1, 0.15) is 5.15 Å². The van der Waals surface area contributed by atoms with Gasteiger partial charge in [-0.15, -0.1) is 0 Å². The van der Waals surface area contributed by atoms with Gasteiger partial charge in [-0.25, -0.2) is 9.97 Å². The van der Waals surface area contributed by atoms with E-state index in [4.69, 9.17) is 23.2 Å². The van der Waals surface area contributed by atoms with Crippen LogP contribution in [0.1, 0.15) is 30.5 Å². The van der Waals surface area contributed by atoms with Crippen molar-refractivity contribution in [1.29, 1.82) is 0 Å². The minimum Gasteiger partial charge on any atom is -0.218 e. The molecule has 0 N–H and O–H groups in total. The topological polar surface area (TPSA) is 25.8 Å². The normalized spacial score (nSPS) is 25.0. The van der Waals surface area contributed by atoms with E-state index in [1.165, 1.54) is 0 Å². The van der Waals surface area contributed by atoms with E-state index in [0.29, 0.717) is 5.15 Å². The summed E-state index contributed by atoms with van der Waals surface area (Å²) in [5.41, 5.74) is 1.74. The van der Waals surface area contributed by atoms with Gasteiger partial charge in [-0.2, -0.15) is 0 Å². The molecule has 1 unspecified atom stereocenters. The average molecular weight is 320 g/mol. The van der Waals surface area contributed by atoms with Crippen molar-refractivity contribution < 1.29 is 0 Å². The Hall–Kier alpha value is -0.380. The minimum atomic E-state index is 0.178. The van der Waals surface area contributed by atoms with Crippen molar-refractivity contribution in [3.8, 4) is 0 Å². The van der Waals surface area contributed by atoms with Crippen molar-refractivity contribution in [2.75, 3.05) is 0 Å². The molecule has 1 heterocycles. The predicted octanol–water partition coefficient (Wildman–Crippen LogP) is 4.58. The van der Waals surface area contributed by atoms with E-state index < -0.39 is 0 Å². The van der Waals surface area contributed by atoms with Crippen LogP contribution in [-0.2, 0) is 0 Å².